The van der Waals surface area contributed by atoms with E-state index < -0.39 is 0 Å². The first-order valence-electron chi connectivity index (χ1n) is 7.43. The van der Waals surface area contributed by atoms with Crippen LogP contribution in [0.1, 0.15) is 42.4 Å². The summed E-state index contributed by atoms with van der Waals surface area (Å²) in [6.07, 6.45) is 6.30. The molecule has 3 rings (SSSR count). The smallest absolute Gasteiger partial charge is 0.126 e. The van der Waals surface area contributed by atoms with Gasteiger partial charge in [-0.3, -0.25) is 5.32 Å². The number of furan rings is 1. The van der Waals surface area contributed by atoms with Gasteiger partial charge < -0.3 is 9.52 Å². The molecule has 3 atom stereocenters. The van der Waals surface area contributed by atoms with Crippen LogP contribution in [0.15, 0.2) is 34.9 Å². The predicted octanol–water partition coefficient (Wildman–Crippen LogP) is 4.22. The van der Waals surface area contributed by atoms with E-state index in [0.29, 0.717) is 12.0 Å². The largest absolute Gasteiger partial charge is 0.467 e. The Morgan fingerprint density at radius 1 is 1.33 bits per heavy atom. The molecule has 2 aromatic rings. The zero-order chi connectivity index (χ0) is 14.7. The van der Waals surface area contributed by atoms with Gasteiger partial charge in [-0.25, -0.2) is 0 Å². The highest BCUT2D eigenvalue weighted by atomic mass is 35.5. The third-order valence-corrected chi connectivity index (χ3v) is 5.53. The van der Waals surface area contributed by atoms with Crippen LogP contribution in [0, 0.1) is 5.92 Å². The fourth-order valence-corrected chi connectivity index (χ4v) is 4.23. The molecule has 21 heavy (non-hydrogen) atoms. The number of rotatable bonds is 5. The summed E-state index contributed by atoms with van der Waals surface area (Å²) < 4.78 is 6.39. The summed E-state index contributed by atoms with van der Waals surface area (Å²) in [5.41, 5.74) is 0. The van der Waals surface area contributed by atoms with Crippen molar-refractivity contribution in [2.75, 3.05) is 6.61 Å². The van der Waals surface area contributed by atoms with Gasteiger partial charge in [-0.05, 0) is 43.0 Å². The highest BCUT2D eigenvalue weighted by Gasteiger charge is 2.29. The molecule has 0 spiro atoms. The van der Waals surface area contributed by atoms with E-state index in [1.165, 1.54) is 12.8 Å². The first-order chi connectivity index (χ1) is 10.3. The quantitative estimate of drug-likeness (QED) is 0.865. The van der Waals surface area contributed by atoms with Gasteiger partial charge in [0.25, 0.3) is 0 Å². The number of hydrogen-bond acceptors (Lipinski definition) is 4. The summed E-state index contributed by atoms with van der Waals surface area (Å²) in [7, 11) is 0. The topological polar surface area (TPSA) is 45.4 Å². The number of aliphatic hydroxyl groups excluding tert-OH is 1. The van der Waals surface area contributed by atoms with Gasteiger partial charge in [0, 0.05) is 17.5 Å². The summed E-state index contributed by atoms with van der Waals surface area (Å²) in [4.78, 5) is 1.15. The lowest BCUT2D eigenvalue weighted by Gasteiger charge is -2.33. The van der Waals surface area contributed by atoms with Gasteiger partial charge in [-0.15, -0.1) is 11.3 Å². The molecule has 0 bridgehead atoms. The highest BCUT2D eigenvalue weighted by Crippen LogP contribution is 2.34. The third kappa shape index (κ3) is 3.51. The summed E-state index contributed by atoms with van der Waals surface area (Å²) >= 11 is 7.66. The molecule has 2 aromatic heterocycles. The number of aliphatic hydroxyl groups is 1. The molecule has 2 N–H and O–H groups in total. The number of halogens is 1. The van der Waals surface area contributed by atoms with Crippen LogP contribution in [0.2, 0.25) is 4.34 Å². The molecular formula is C16H20ClNO2S. The minimum Gasteiger partial charge on any atom is -0.467 e. The second kappa shape index (κ2) is 6.97. The molecule has 0 aromatic carbocycles. The van der Waals surface area contributed by atoms with Gasteiger partial charge in [-0.2, -0.15) is 0 Å². The van der Waals surface area contributed by atoms with Crippen molar-refractivity contribution in [3.63, 3.8) is 0 Å². The zero-order valence-corrected chi connectivity index (χ0v) is 13.4. The van der Waals surface area contributed by atoms with Crippen molar-refractivity contribution in [1.29, 1.82) is 0 Å². The average molecular weight is 326 g/mol. The standard InChI is InChI=1S/C16H20ClNO2S/c17-15-8-7-14(21-15)16(13-6-3-9-20-13)18-12-5-2-1-4-11(12)10-19/h3,6-9,11-12,16,18-19H,1-2,4-5,10H2. The van der Waals surface area contributed by atoms with Crippen LogP contribution in [0.4, 0.5) is 0 Å². The van der Waals surface area contributed by atoms with E-state index in [4.69, 9.17) is 16.0 Å². The fraction of sp³-hybridized carbons (Fsp3) is 0.500. The molecule has 1 fully saturated rings. The van der Waals surface area contributed by atoms with Gasteiger partial charge in [0.2, 0.25) is 0 Å². The van der Waals surface area contributed by atoms with Gasteiger partial charge in [0.05, 0.1) is 10.6 Å². The van der Waals surface area contributed by atoms with Crippen molar-refractivity contribution >= 4 is 22.9 Å². The fourth-order valence-electron chi connectivity index (χ4n) is 3.10. The molecule has 3 nitrogen and oxygen atoms in total. The van der Waals surface area contributed by atoms with Crippen molar-refractivity contribution in [2.45, 2.75) is 37.8 Å². The normalized spacial score (nSPS) is 24.1. The molecule has 0 amide bonds. The lowest BCUT2D eigenvalue weighted by atomic mass is 9.84. The van der Waals surface area contributed by atoms with Crippen molar-refractivity contribution in [2.24, 2.45) is 5.92 Å². The predicted molar refractivity (Wildman–Crippen MR) is 85.8 cm³/mol. The Morgan fingerprint density at radius 2 is 2.19 bits per heavy atom. The molecule has 114 valence electrons. The van der Waals surface area contributed by atoms with E-state index in [1.807, 2.05) is 24.3 Å². The molecule has 5 heteroatoms. The summed E-state index contributed by atoms with van der Waals surface area (Å²) in [5.74, 6) is 1.22. The van der Waals surface area contributed by atoms with E-state index in [9.17, 15) is 5.11 Å². The van der Waals surface area contributed by atoms with Crippen molar-refractivity contribution in [3.05, 3.63) is 45.5 Å². The Bertz CT molecular complexity index is 554. The van der Waals surface area contributed by atoms with Gasteiger partial charge in [-0.1, -0.05) is 24.4 Å². The van der Waals surface area contributed by atoms with Crippen LogP contribution in [0.25, 0.3) is 0 Å². The second-order valence-electron chi connectivity index (χ2n) is 5.59. The second-order valence-corrected chi connectivity index (χ2v) is 7.34. The molecule has 0 radical (unpaired) electrons. The van der Waals surface area contributed by atoms with Gasteiger partial charge in [0.1, 0.15) is 11.8 Å². The van der Waals surface area contributed by atoms with Crippen molar-refractivity contribution < 1.29 is 9.52 Å². The van der Waals surface area contributed by atoms with Crippen LogP contribution >= 0.6 is 22.9 Å². The lowest BCUT2D eigenvalue weighted by molar-refractivity contribution is 0.147. The van der Waals surface area contributed by atoms with Gasteiger partial charge in [0.15, 0.2) is 0 Å². The average Bonchev–Trinajstić information content (AvgIpc) is 3.17. The minimum atomic E-state index is 0.00894. The highest BCUT2D eigenvalue weighted by molar-refractivity contribution is 7.16. The van der Waals surface area contributed by atoms with Crippen LogP contribution in [-0.4, -0.2) is 17.8 Å². The summed E-state index contributed by atoms with van der Waals surface area (Å²) in [6.45, 7) is 0.244. The monoisotopic (exact) mass is 325 g/mol. The van der Waals surface area contributed by atoms with Crippen LogP contribution in [-0.2, 0) is 0 Å². The summed E-state index contributed by atoms with van der Waals surface area (Å²) in [5, 5.41) is 13.3. The molecule has 1 saturated carbocycles. The maximum atomic E-state index is 9.60. The molecule has 3 unspecified atom stereocenters. The van der Waals surface area contributed by atoms with Crippen LogP contribution < -0.4 is 5.32 Å². The third-order valence-electron chi connectivity index (χ3n) is 4.23. The zero-order valence-electron chi connectivity index (χ0n) is 11.8. The summed E-state index contributed by atoms with van der Waals surface area (Å²) in [6, 6.07) is 8.19. The number of hydrogen-bond donors (Lipinski definition) is 2. The Labute approximate surface area is 133 Å². The van der Waals surface area contributed by atoms with E-state index in [1.54, 1.807) is 17.6 Å². The molecule has 1 aliphatic carbocycles. The van der Waals surface area contributed by atoms with E-state index in [0.717, 1.165) is 27.8 Å². The maximum Gasteiger partial charge on any atom is 0.126 e. The Hall–Kier alpha value is -0.810. The molecular weight excluding hydrogens is 306 g/mol. The first kappa shape index (κ1) is 15.1. The Morgan fingerprint density at radius 3 is 2.86 bits per heavy atom. The molecule has 2 heterocycles. The molecule has 0 aliphatic heterocycles. The van der Waals surface area contributed by atoms with E-state index >= 15 is 0 Å². The molecule has 1 aliphatic rings. The van der Waals surface area contributed by atoms with Crippen LogP contribution in [0.5, 0.6) is 0 Å². The van der Waals surface area contributed by atoms with Gasteiger partial charge >= 0.3 is 0 Å². The SMILES string of the molecule is OCC1CCCCC1NC(c1ccco1)c1ccc(Cl)s1. The van der Waals surface area contributed by atoms with Crippen molar-refractivity contribution in [3.8, 4) is 0 Å². The first-order valence-corrected chi connectivity index (χ1v) is 8.63. The van der Waals surface area contributed by atoms with E-state index in [2.05, 4.69) is 5.32 Å². The lowest BCUT2D eigenvalue weighted by Crippen LogP contribution is -2.42. The Balaban J connectivity index is 1.82. The molecule has 0 saturated heterocycles. The maximum absolute atomic E-state index is 9.60. The van der Waals surface area contributed by atoms with E-state index in [-0.39, 0.29) is 12.6 Å². The van der Waals surface area contributed by atoms with Crippen LogP contribution in [0.3, 0.4) is 0 Å². The number of thiophene rings is 1. The Kier molecular flexibility index (Phi) is 5.01. The number of nitrogens with one attached hydrogen (secondary N) is 1. The van der Waals surface area contributed by atoms with Crippen molar-refractivity contribution in [1.82, 2.24) is 5.32 Å². The minimum absolute atomic E-state index is 0.00894.